The van der Waals surface area contributed by atoms with Crippen LogP contribution in [0.2, 0.25) is 0 Å². The number of aryl methyl sites for hydroxylation is 1. The van der Waals surface area contributed by atoms with E-state index >= 15 is 0 Å². The van der Waals surface area contributed by atoms with Gasteiger partial charge >= 0.3 is 0 Å². The molecule has 2 rings (SSSR count). The van der Waals surface area contributed by atoms with Crippen LogP contribution in [-0.2, 0) is 11.2 Å². The summed E-state index contributed by atoms with van der Waals surface area (Å²) in [5.74, 6) is 0.485. The predicted molar refractivity (Wildman–Crippen MR) is 98.1 cm³/mol. The number of rotatable bonds is 5. The molecule has 0 saturated carbocycles. The van der Waals surface area contributed by atoms with Gasteiger partial charge in [-0.25, -0.2) is 0 Å². The zero-order valence-electron chi connectivity index (χ0n) is 15.5. The summed E-state index contributed by atoms with van der Waals surface area (Å²) in [5, 5.41) is 12.3. The summed E-state index contributed by atoms with van der Waals surface area (Å²) >= 11 is 0. The molecule has 1 aliphatic heterocycles. The summed E-state index contributed by atoms with van der Waals surface area (Å²) < 4.78 is 0. The first kappa shape index (κ1) is 18.3. The van der Waals surface area contributed by atoms with Crippen LogP contribution in [0.15, 0.2) is 18.2 Å². The van der Waals surface area contributed by atoms with E-state index in [4.69, 9.17) is 0 Å². The minimum atomic E-state index is -0.822. The third-order valence-corrected chi connectivity index (χ3v) is 5.11. The number of nitrogens with zero attached hydrogens (tertiary/aromatic N) is 2. The van der Waals surface area contributed by atoms with Crippen molar-refractivity contribution in [1.82, 2.24) is 5.32 Å². The Kier molecular flexibility index (Phi) is 5.54. The molecule has 0 saturated heterocycles. The number of nitriles is 1. The van der Waals surface area contributed by atoms with E-state index in [0.29, 0.717) is 12.5 Å². The molecule has 1 aromatic carbocycles. The average Bonchev–Trinajstić information content (AvgIpc) is 2.54. The van der Waals surface area contributed by atoms with Crippen LogP contribution in [0.25, 0.3) is 0 Å². The van der Waals surface area contributed by atoms with Crippen LogP contribution in [0.3, 0.4) is 0 Å². The van der Waals surface area contributed by atoms with Crippen LogP contribution in [0.4, 0.5) is 5.69 Å². The first-order chi connectivity index (χ1) is 11.3. The summed E-state index contributed by atoms with van der Waals surface area (Å²) in [5.41, 5.74) is 3.00. The Balaban J connectivity index is 2.13. The van der Waals surface area contributed by atoms with Crippen molar-refractivity contribution in [1.29, 1.82) is 5.26 Å². The maximum absolute atomic E-state index is 12.5. The molecule has 24 heavy (non-hydrogen) atoms. The fraction of sp³-hybridized carbons (Fsp3) is 0.600. The summed E-state index contributed by atoms with van der Waals surface area (Å²) in [7, 11) is 0. The van der Waals surface area contributed by atoms with Gasteiger partial charge in [-0.2, -0.15) is 5.26 Å². The molecular formula is C20H29N3O. The van der Waals surface area contributed by atoms with Gasteiger partial charge < -0.3 is 10.2 Å². The van der Waals surface area contributed by atoms with Crippen molar-refractivity contribution in [3.8, 4) is 6.07 Å². The SMILES string of the molecule is CC(C)c1ccc2c(c1)CCCN2CC(=O)NC(C)(C#N)C(C)C. The quantitative estimate of drug-likeness (QED) is 0.898. The first-order valence-electron chi connectivity index (χ1n) is 8.87. The summed E-state index contributed by atoms with van der Waals surface area (Å²) in [6.07, 6.45) is 2.12. The molecule has 0 aliphatic carbocycles. The van der Waals surface area contributed by atoms with Crippen molar-refractivity contribution in [2.45, 2.75) is 58.9 Å². The minimum absolute atomic E-state index is 0.0636. The van der Waals surface area contributed by atoms with E-state index in [-0.39, 0.29) is 11.8 Å². The van der Waals surface area contributed by atoms with E-state index < -0.39 is 5.54 Å². The number of benzene rings is 1. The molecule has 1 amide bonds. The van der Waals surface area contributed by atoms with E-state index in [2.05, 4.69) is 48.3 Å². The van der Waals surface area contributed by atoms with E-state index in [1.807, 2.05) is 13.8 Å². The Morgan fingerprint density at radius 3 is 2.67 bits per heavy atom. The van der Waals surface area contributed by atoms with Crippen LogP contribution in [-0.4, -0.2) is 24.5 Å². The highest BCUT2D eigenvalue weighted by Crippen LogP contribution is 2.30. The Bertz CT molecular complexity index is 645. The molecule has 0 aromatic heterocycles. The number of nitrogens with one attached hydrogen (secondary N) is 1. The molecule has 130 valence electrons. The maximum atomic E-state index is 12.5. The van der Waals surface area contributed by atoms with Crippen molar-refractivity contribution in [2.24, 2.45) is 5.92 Å². The standard InChI is InChI=1S/C20H29N3O/c1-14(2)16-8-9-18-17(11-16)7-6-10-23(18)12-19(24)22-20(5,13-21)15(3)4/h8-9,11,14-15H,6-7,10,12H2,1-5H3,(H,22,24). The molecule has 1 aromatic rings. The fourth-order valence-electron chi connectivity index (χ4n) is 3.02. The molecule has 1 unspecified atom stereocenters. The summed E-state index contributed by atoms with van der Waals surface area (Å²) in [4.78, 5) is 14.6. The molecule has 1 aliphatic rings. The lowest BCUT2D eigenvalue weighted by molar-refractivity contribution is -0.121. The van der Waals surface area contributed by atoms with Gasteiger partial charge in [-0.1, -0.05) is 39.8 Å². The highest BCUT2D eigenvalue weighted by molar-refractivity contribution is 5.83. The van der Waals surface area contributed by atoms with Crippen molar-refractivity contribution in [3.05, 3.63) is 29.3 Å². The van der Waals surface area contributed by atoms with E-state index in [1.54, 1.807) is 6.92 Å². The lowest BCUT2D eigenvalue weighted by Gasteiger charge is -2.33. The van der Waals surface area contributed by atoms with E-state index in [9.17, 15) is 10.1 Å². The van der Waals surface area contributed by atoms with Crippen LogP contribution in [0.5, 0.6) is 0 Å². The zero-order chi connectivity index (χ0) is 17.9. The Morgan fingerprint density at radius 2 is 2.08 bits per heavy atom. The number of anilines is 1. The van der Waals surface area contributed by atoms with Crippen LogP contribution in [0.1, 0.15) is 58.1 Å². The number of fused-ring (bicyclic) bond motifs is 1. The molecule has 1 N–H and O–H groups in total. The minimum Gasteiger partial charge on any atom is -0.362 e. The summed E-state index contributed by atoms with van der Waals surface area (Å²) in [6.45, 7) is 11.3. The second-order valence-electron chi connectivity index (χ2n) is 7.58. The van der Waals surface area contributed by atoms with Crippen molar-refractivity contribution in [3.63, 3.8) is 0 Å². The van der Waals surface area contributed by atoms with Gasteiger partial charge in [0.15, 0.2) is 0 Å². The highest BCUT2D eigenvalue weighted by Gasteiger charge is 2.31. The highest BCUT2D eigenvalue weighted by atomic mass is 16.2. The fourth-order valence-corrected chi connectivity index (χ4v) is 3.02. The molecule has 0 fully saturated rings. The van der Waals surface area contributed by atoms with Gasteiger partial charge in [0.05, 0.1) is 12.6 Å². The molecule has 0 spiro atoms. The van der Waals surface area contributed by atoms with Gasteiger partial charge in [0, 0.05) is 12.2 Å². The van der Waals surface area contributed by atoms with Gasteiger partial charge in [0.1, 0.15) is 5.54 Å². The lowest BCUT2D eigenvalue weighted by atomic mass is 9.90. The zero-order valence-corrected chi connectivity index (χ0v) is 15.5. The van der Waals surface area contributed by atoms with Crippen molar-refractivity contribution < 1.29 is 4.79 Å². The second-order valence-corrected chi connectivity index (χ2v) is 7.58. The van der Waals surface area contributed by atoms with Crippen LogP contribution < -0.4 is 10.2 Å². The van der Waals surface area contributed by atoms with Gasteiger partial charge in [0.25, 0.3) is 0 Å². The number of amides is 1. The Hall–Kier alpha value is -2.02. The maximum Gasteiger partial charge on any atom is 0.240 e. The van der Waals surface area contributed by atoms with Gasteiger partial charge in [-0.15, -0.1) is 0 Å². The van der Waals surface area contributed by atoms with E-state index in [1.165, 1.54) is 11.1 Å². The third-order valence-electron chi connectivity index (χ3n) is 5.11. The molecule has 4 heteroatoms. The molecule has 1 atom stereocenters. The van der Waals surface area contributed by atoms with Crippen LogP contribution >= 0.6 is 0 Å². The van der Waals surface area contributed by atoms with Gasteiger partial charge in [-0.05, 0) is 48.8 Å². The Morgan fingerprint density at radius 1 is 1.38 bits per heavy atom. The summed E-state index contributed by atoms with van der Waals surface area (Å²) in [6, 6.07) is 8.81. The van der Waals surface area contributed by atoms with Crippen molar-refractivity contribution >= 4 is 11.6 Å². The third kappa shape index (κ3) is 3.90. The smallest absolute Gasteiger partial charge is 0.240 e. The number of carbonyl (C=O) groups is 1. The Labute approximate surface area is 145 Å². The second kappa shape index (κ2) is 7.25. The van der Waals surface area contributed by atoms with Gasteiger partial charge in [-0.3, -0.25) is 4.79 Å². The lowest BCUT2D eigenvalue weighted by Crippen LogP contribution is -2.52. The largest absolute Gasteiger partial charge is 0.362 e. The van der Waals surface area contributed by atoms with E-state index in [0.717, 1.165) is 25.1 Å². The average molecular weight is 327 g/mol. The van der Waals surface area contributed by atoms with Gasteiger partial charge in [0.2, 0.25) is 5.91 Å². The molecule has 0 radical (unpaired) electrons. The molecular weight excluding hydrogens is 298 g/mol. The number of hydrogen-bond donors (Lipinski definition) is 1. The molecule has 4 nitrogen and oxygen atoms in total. The van der Waals surface area contributed by atoms with Crippen molar-refractivity contribution in [2.75, 3.05) is 18.0 Å². The monoisotopic (exact) mass is 327 g/mol. The number of carbonyl (C=O) groups excluding carboxylic acids is 1. The predicted octanol–water partition coefficient (Wildman–Crippen LogP) is 3.62. The van der Waals surface area contributed by atoms with Crippen LogP contribution in [0, 0.1) is 17.2 Å². The normalized spacial score (nSPS) is 16.5. The number of hydrogen-bond acceptors (Lipinski definition) is 3. The first-order valence-corrected chi connectivity index (χ1v) is 8.87. The molecule has 1 heterocycles. The molecule has 0 bridgehead atoms. The topological polar surface area (TPSA) is 56.1 Å².